The predicted octanol–water partition coefficient (Wildman–Crippen LogP) is 4.37. The monoisotopic (exact) mass is 356 g/mol. The lowest BCUT2D eigenvalue weighted by Gasteiger charge is -2.13. The number of aromatic nitrogens is 1. The zero-order chi connectivity index (χ0) is 18.2. The molecule has 3 rings (SSSR count). The Kier molecular flexibility index (Phi) is 4.52. The second-order valence-corrected chi connectivity index (χ2v) is 8.01. The van der Waals surface area contributed by atoms with Crippen LogP contribution in [0.3, 0.4) is 0 Å². The van der Waals surface area contributed by atoms with E-state index in [0.717, 1.165) is 28.2 Å². The van der Waals surface area contributed by atoms with E-state index in [1.54, 1.807) is 36.4 Å². The van der Waals surface area contributed by atoms with Crippen LogP contribution in [-0.2, 0) is 16.3 Å². The van der Waals surface area contributed by atoms with Crippen molar-refractivity contribution in [2.24, 2.45) is 0 Å². The van der Waals surface area contributed by atoms with Gasteiger partial charge in [-0.05, 0) is 73.9 Å². The summed E-state index contributed by atoms with van der Waals surface area (Å²) < 4.78 is 38.6. The number of benzene rings is 2. The molecule has 0 saturated carbocycles. The van der Waals surface area contributed by atoms with Gasteiger partial charge in [0.25, 0.3) is 0 Å². The molecular weight excluding hydrogens is 337 g/mol. The highest BCUT2D eigenvalue weighted by Gasteiger charge is 2.15. The van der Waals surface area contributed by atoms with Crippen LogP contribution in [0.2, 0.25) is 0 Å². The van der Waals surface area contributed by atoms with E-state index in [-0.39, 0.29) is 10.7 Å². The average molecular weight is 356 g/mol. The molecule has 0 amide bonds. The Morgan fingerprint density at radius 2 is 1.64 bits per heavy atom. The van der Waals surface area contributed by atoms with Gasteiger partial charge < -0.3 is 4.57 Å². The molecule has 0 spiro atoms. The van der Waals surface area contributed by atoms with Crippen LogP contribution in [-0.4, -0.2) is 19.2 Å². The van der Waals surface area contributed by atoms with Gasteiger partial charge in [-0.25, -0.2) is 12.8 Å². The Bertz CT molecular complexity index is 1000. The summed E-state index contributed by atoms with van der Waals surface area (Å²) in [6.07, 6.45) is 1.82. The van der Waals surface area contributed by atoms with Crippen molar-refractivity contribution in [1.29, 1.82) is 0 Å². The van der Waals surface area contributed by atoms with Gasteiger partial charge in [0, 0.05) is 17.6 Å². The molecule has 1 radical (unpaired) electrons. The highest BCUT2D eigenvalue weighted by Crippen LogP contribution is 2.30. The second kappa shape index (κ2) is 6.48. The van der Waals surface area contributed by atoms with Crippen LogP contribution in [0.15, 0.2) is 59.5 Å². The van der Waals surface area contributed by atoms with Crippen LogP contribution in [0.1, 0.15) is 11.3 Å². The first-order valence-corrected chi connectivity index (χ1v) is 9.77. The van der Waals surface area contributed by atoms with Crippen LogP contribution in [0, 0.1) is 19.7 Å². The zero-order valence-electron chi connectivity index (χ0n) is 14.2. The Balaban J connectivity index is 2.17. The van der Waals surface area contributed by atoms with Crippen molar-refractivity contribution >= 4 is 9.84 Å². The molecule has 1 aromatic heterocycles. The van der Waals surface area contributed by atoms with Crippen LogP contribution in [0.4, 0.5) is 4.39 Å². The molecule has 0 bridgehead atoms. The molecule has 0 aliphatic rings. The van der Waals surface area contributed by atoms with Crippen molar-refractivity contribution in [3.63, 3.8) is 0 Å². The highest BCUT2D eigenvalue weighted by molar-refractivity contribution is 7.90. The molecule has 3 aromatic rings. The smallest absolute Gasteiger partial charge is 0.175 e. The largest absolute Gasteiger partial charge is 0.314 e. The summed E-state index contributed by atoms with van der Waals surface area (Å²) in [5.41, 5.74) is 4.78. The van der Waals surface area contributed by atoms with E-state index in [1.165, 1.54) is 18.4 Å². The molecule has 0 saturated heterocycles. The van der Waals surface area contributed by atoms with Crippen LogP contribution in [0.5, 0.6) is 0 Å². The summed E-state index contributed by atoms with van der Waals surface area (Å²) in [5.74, 6) is -0.287. The fourth-order valence-corrected chi connectivity index (χ4v) is 3.55. The first-order chi connectivity index (χ1) is 11.8. The van der Waals surface area contributed by atoms with E-state index in [4.69, 9.17) is 0 Å². The average Bonchev–Trinajstić information content (AvgIpc) is 2.91. The van der Waals surface area contributed by atoms with Gasteiger partial charge in [0.2, 0.25) is 0 Å². The lowest BCUT2D eigenvalue weighted by Crippen LogP contribution is -2.01. The third kappa shape index (κ3) is 3.37. The molecule has 2 aromatic carbocycles. The van der Waals surface area contributed by atoms with E-state index in [0.29, 0.717) is 6.42 Å². The lowest BCUT2D eigenvalue weighted by molar-refractivity contribution is 0.602. The number of hydrogen-bond acceptors (Lipinski definition) is 2. The normalized spacial score (nSPS) is 11.7. The number of hydrogen-bond donors (Lipinski definition) is 0. The fourth-order valence-electron chi connectivity index (χ4n) is 2.92. The first-order valence-electron chi connectivity index (χ1n) is 7.88. The molecule has 3 nitrogen and oxygen atoms in total. The van der Waals surface area contributed by atoms with Gasteiger partial charge in [-0.2, -0.15) is 0 Å². The Morgan fingerprint density at radius 1 is 1.04 bits per heavy atom. The number of nitrogens with zero attached hydrogens (tertiary/aromatic N) is 1. The molecule has 129 valence electrons. The number of rotatable bonds is 4. The zero-order valence-corrected chi connectivity index (χ0v) is 15.0. The summed E-state index contributed by atoms with van der Waals surface area (Å²) in [6.45, 7) is 5.96. The summed E-state index contributed by atoms with van der Waals surface area (Å²) in [4.78, 5) is 0.283. The maximum absolute atomic E-state index is 13.3. The highest BCUT2D eigenvalue weighted by atomic mass is 32.2. The Morgan fingerprint density at radius 3 is 2.16 bits per heavy atom. The van der Waals surface area contributed by atoms with Gasteiger partial charge in [0.1, 0.15) is 5.82 Å². The maximum Gasteiger partial charge on any atom is 0.175 e. The van der Waals surface area contributed by atoms with Crippen molar-refractivity contribution in [2.75, 3.05) is 6.26 Å². The molecule has 1 heterocycles. The Labute approximate surface area is 147 Å². The maximum atomic E-state index is 13.3. The minimum atomic E-state index is -3.23. The van der Waals surface area contributed by atoms with Crippen LogP contribution >= 0.6 is 0 Å². The predicted molar refractivity (Wildman–Crippen MR) is 98.1 cm³/mol. The molecule has 0 N–H and O–H groups in total. The van der Waals surface area contributed by atoms with Gasteiger partial charge in [0.05, 0.1) is 10.6 Å². The van der Waals surface area contributed by atoms with Crippen LogP contribution in [0.25, 0.3) is 16.9 Å². The molecule has 0 unspecified atom stereocenters. The number of halogens is 1. The van der Waals surface area contributed by atoms with Crippen molar-refractivity contribution < 1.29 is 12.8 Å². The van der Waals surface area contributed by atoms with Gasteiger partial charge >= 0.3 is 0 Å². The minimum absolute atomic E-state index is 0.283. The summed E-state index contributed by atoms with van der Waals surface area (Å²) in [6, 6.07) is 15.1. The second-order valence-electron chi connectivity index (χ2n) is 6.00. The molecule has 5 heteroatoms. The van der Waals surface area contributed by atoms with Crippen LogP contribution < -0.4 is 0 Å². The summed E-state index contributed by atoms with van der Waals surface area (Å²) in [7, 11) is -3.23. The third-order valence-corrected chi connectivity index (χ3v) is 5.41. The van der Waals surface area contributed by atoms with E-state index >= 15 is 0 Å². The van der Waals surface area contributed by atoms with Gasteiger partial charge in [-0.3, -0.25) is 0 Å². The van der Waals surface area contributed by atoms with E-state index in [9.17, 15) is 12.8 Å². The molecule has 0 atom stereocenters. The fraction of sp³-hybridized carbons (Fsp3) is 0.150. The topological polar surface area (TPSA) is 39.1 Å². The standard InChI is InChI=1S/C20H19FNO2S/c1-4-15-13-20(16-5-11-19(12-6-16)25(3,23)24)22(14(15)2)18-9-7-17(21)8-10-18/h5-13H,1,4H2,2-3H3. The minimum Gasteiger partial charge on any atom is -0.314 e. The molecule has 0 aliphatic carbocycles. The lowest BCUT2D eigenvalue weighted by atomic mass is 10.1. The first kappa shape index (κ1) is 17.4. The van der Waals surface area contributed by atoms with Gasteiger partial charge in [-0.15, -0.1) is 0 Å². The molecule has 0 aliphatic heterocycles. The van der Waals surface area contributed by atoms with Crippen molar-refractivity contribution in [1.82, 2.24) is 4.57 Å². The summed E-state index contributed by atoms with van der Waals surface area (Å²) >= 11 is 0. The SMILES string of the molecule is [CH2]Cc1cc(-c2ccc(S(C)(=O)=O)cc2)n(-c2ccc(F)cc2)c1C. The molecule has 25 heavy (non-hydrogen) atoms. The quantitative estimate of drug-likeness (QED) is 0.696. The molecular formula is C20H19FNO2S. The van der Waals surface area contributed by atoms with E-state index < -0.39 is 9.84 Å². The van der Waals surface area contributed by atoms with Crippen molar-refractivity contribution in [2.45, 2.75) is 18.2 Å². The summed E-state index contributed by atoms with van der Waals surface area (Å²) in [5, 5.41) is 0. The number of sulfone groups is 1. The van der Waals surface area contributed by atoms with Crippen molar-refractivity contribution in [3.05, 3.63) is 78.6 Å². The van der Waals surface area contributed by atoms with E-state index in [1.807, 2.05) is 17.6 Å². The third-order valence-electron chi connectivity index (χ3n) is 4.28. The Hall–Kier alpha value is -2.40. The van der Waals surface area contributed by atoms with Crippen molar-refractivity contribution in [3.8, 4) is 16.9 Å². The van der Waals surface area contributed by atoms with E-state index in [2.05, 4.69) is 6.92 Å². The molecule has 0 fully saturated rings. The van der Waals surface area contributed by atoms with Gasteiger partial charge in [0.15, 0.2) is 9.84 Å². The van der Waals surface area contributed by atoms with Gasteiger partial charge in [-0.1, -0.05) is 12.1 Å².